The molecule has 11 heavy (non-hydrogen) atoms. The van der Waals surface area contributed by atoms with Crippen molar-refractivity contribution in [3.63, 3.8) is 0 Å². The summed E-state index contributed by atoms with van der Waals surface area (Å²) in [5.74, 6) is -0.775. The van der Waals surface area contributed by atoms with Gasteiger partial charge in [0.2, 0.25) is 0 Å². The molecule has 3 heteroatoms. The van der Waals surface area contributed by atoms with Gasteiger partial charge in [0, 0.05) is 11.8 Å². The maximum absolute atomic E-state index is 11.2. The second-order valence-electron chi connectivity index (χ2n) is 3.38. The minimum Gasteiger partial charge on any atom is -0.481 e. The fraction of sp³-hybridized carbons (Fsp3) is 0.750. The third-order valence-corrected chi connectivity index (χ3v) is 2.24. The first-order valence-corrected chi connectivity index (χ1v) is 3.80. The lowest BCUT2D eigenvalue weighted by molar-refractivity contribution is -0.139. The third-order valence-electron chi connectivity index (χ3n) is 2.24. The van der Waals surface area contributed by atoms with Gasteiger partial charge in [0.1, 0.15) is 5.78 Å². The molecule has 3 nitrogen and oxygen atoms in total. The van der Waals surface area contributed by atoms with E-state index in [2.05, 4.69) is 0 Å². The van der Waals surface area contributed by atoms with Gasteiger partial charge < -0.3 is 5.11 Å². The Morgan fingerprint density at radius 1 is 1.36 bits per heavy atom. The Labute approximate surface area is 65.4 Å². The van der Waals surface area contributed by atoms with Crippen LogP contribution in [0.4, 0.5) is 0 Å². The number of rotatable bonds is 4. The third kappa shape index (κ3) is 2.03. The van der Waals surface area contributed by atoms with E-state index in [-0.39, 0.29) is 24.0 Å². The van der Waals surface area contributed by atoms with Crippen molar-refractivity contribution in [1.29, 1.82) is 0 Å². The van der Waals surface area contributed by atoms with Gasteiger partial charge in [-0.3, -0.25) is 9.59 Å². The fourth-order valence-corrected chi connectivity index (χ4v) is 0.989. The smallest absolute Gasteiger partial charge is 0.303 e. The highest BCUT2D eigenvalue weighted by Gasteiger charge is 2.43. The Balaban J connectivity index is 2.27. The van der Waals surface area contributed by atoms with E-state index in [1.54, 1.807) is 0 Å². The van der Waals surface area contributed by atoms with E-state index in [1.165, 1.54) is 0 Å². The van der Waals surface area contributed by atoms with Crippen LogP contribution in [0.15, 0.2) is 0 Å². The van der Waals surface area contributed by atoms with Gasteiger partial charge in [-0.05, 0) is 12.8 Å². The maximum atomic E-state index is 11.2. The van der Waals surface area contributed by atoms with Crippen LogP contribution < -0.4 is 0 Å². The molecule has 0 aromatic rings. The number of aliphatic carboxylic acids is 1. The van der Waals surface area contributed by atoms with Crippen LogP contribution in [0.25, 0.3) is 0 Å². The molecule has 62 valence electrons. The first kappa shape index (κ1) is 8.24. The Hall–Kier alpha value is -0.860. The Morgan fingerprint density at radius 2 is 1.91 bits per heavy atom. The average molecular weight is 156 g/mol. The number of Topliss-reactive ketones (excluding diaryl/α,β-unsaturated/α-hetero) is 1. The summed E-state index contributed by atoms with van der Waals surface area (Å²) in [5.41, 5.74) is -0.157. The van der Waals surface area contributed by atoms with Crippen LogP contribution >= 0.6 is 0 Å². The summed E-state index contributed by atoms with van der Waals surface area (Å²) >= 11 is 0. The molecule has 0 radical (unpaired) electrons. The zero-order valence-electron chi connectivity index (χ0n) is 6.59. The Morgan fingerprint density at radius 3 is 2.27 bits per heavy atom. The van der Waals surface area contributed by atoms with Gasteiger partial charge in [0.25, 0.3) is 0 Å². The van der Waals surface area contributed by atoms with Gasteiger partial charge in [0.05, 0.1) is 6.42 Å². The van der Waals surface area contributed by atoms with E-state index >= 15 is 0 Å². The second kappa shape index (κ2) is 2.64. The topological polar surface area (TPSA) is 54.4 Å². The summed E-state index contributed by atoms with van der Waals surface area (Å²) in [7, 11) is 0. The summed E-state index contributed by atoms with van der Waals surface area (Å²) in [4.78, 5) is 21.3. The molecule has 1 fully saturated rings. The predicted octanol–water partition coefficient (Wildman–Crippen LogP) is 1.22. The monoisotopic (exact) mass is 156 g/mol. The second-order valence-corrected chi connectivity index (χ2v) is 3.38. The quantitative estimate of drug-likeness (QED) is 0.665. The molecule has 1 saturated carbocycles. The summed E-state index contributed by atoms with van der Waals surface area (Å²) in [5, 5.41) is 8.30. The van der Waals surface area contributed by atoms with Gasteiger partial charge in [-0.1, -0.05) is 6.92 Å². The number of hydrogen-bond donors (Lipinski definition) is 1. The molecule has 1 aliphatic carbocycles. The van der Waals surface area contributed by atoms with Crippen LogP contribution in [0, 0.1) is 5.41 Å². The largest absolute Gasteiger partial charge is 0.481 e. The summed E-state index contributed by atoms with van der Waals surface area (Å²) in [6.07, 6.45) is 2.05. The molecule has 0 saturated heterocycles. The highest BCUT2D eigenvalue weighted by Crippen LogP contribution is 2.46. The molecular formula is C8H12O3. The maximum Gasteiger partial charge on any atom is 0.303 e. The molecule has 1 aliphatic rings. The number of carbonyl (C=O) groups is 2. The van der Waals surface area contributed by atoms with Crippen molar-refractivity contribution in [3.05, 3.63) is 0 Å². The van der Waals surface area contributed by atoms with Crippen LogP contribution in [0.5, 0.6) is 0 Å². The molecular weight excluding hydrogens is 144 g/mol. The lowest BCUT2D eigenvalue weighted by Gasteiger charge is -2.03. The molecule has 0 aliphatic heterocycles. The summed E-state index contributed by atoms with van der Waals surface area (Å²) in [6.45, 7) is 1.90. The first-order valence-electron chi connectivity index (χ1n) is 3.80. The van der Waals surface area contributed by atoms with Crippen molar-refractivity contribution >= 4 is 11.8 Å². The van der Waals surface area contributed by atoms with Crippen LogP contribution in [0.1, 0.15) is 32.6 Å². The minimum atomic E-state index is -0.886. The lowest BCUT2D eigenvalue weighted by Crippen LogP contribution is -2.12. The van der Waals surface area contributed by atoms with Crippen molar-refractivity contribution < 1.29 is 14.7 Å². The van der Waals surface area contributed by atoms with Crippen molar-refractivity contribution in [2.45, 2.75) is 32.6 Å². The highest BCUT2D eigenvalue weighted by atomic mass is 16.4. The number of hydrogen-bond acceptors (Lipinski definition) is 2. The normalized spacial score (nSPS) is 19.4. The molecule has 1 rings (SSSR count). The predicted molar refractivity (Wildman–Crippen MR) is 39.2 cm³/mol. The van der Waals surface area contributed by atoms with E-state index < -0.39 is 5.97 Å². The number of carboxylic acids is 1. The van der Waals surface area contributed by atoms with Crippen LogP contribution in [-0.2, 0) is 9.59 Å². The zero-order chi connectivity index (χ0) is 8.48. The first-order chi connectivity index (χ1) is 5.04. The molecule has 0 aromatic carbocycles. The van der Waals surface area contributed by atoms with Crippen molar-refractivity contribution in [3.8, 4) is 0 Å². The minimum absolute atomic E-state index is 0.0194. The van der Waals surface area contributed by atoms with Gasteiger partial charge in [-0.2, -0.15) is 0 Å². The van der Waals surface area contributed by atoms with Crippen molar-refractivity contribution in [2.75, 3.05) is 0 Å². The van der Waals surface area contributed by atoms with Gasteiger partial charge >= 0.3 is 5.97 Å². The van der Waals surface area contributed by atoms with Crippen LogP contribution in [0.2, 0.25) is 0 Å². The Bertz CT molecular complexity index is 192. The van der Waals surface area contributed by atoms with Gasteiger partial charge in [-0.15, -0.1) is 0 Å². The molecule has 0 heterocycles. The highest BCUT2D eigenvalue weighted by molar-refractivity contribution is 5.89. The molecule has 0 bridgehead atoms. The van der Waals surface area contributed by atoms with Crippen molar-refractivity contribution in [2.24, 2.45) is 5.41 Å². The molecule has 0 atom stereocenters. The van der Waals surface area contributed by atoms with Gasteiger partial charge in [-0.25, -0.2) is 0 Å². The van der Waals surface area contributed by atoms with E-state index in [0.29, 0.717) is 0 Å². The SMILES string of the molecule is CC1(C(=O)CCC(=O)O)CC1. The summed E-state index contributed by atoms with van der Waals surface area (Å²) < 4.78 is 0. The van der Waals surface area contributed by atoms with E-state index in [4.69, 9.17) is 5.11 Å². The van der Waals surface area contributed by atoms with Crippen LogP contribution in [-0.4, -0.2) is 16.9 Å². The van der Waals surface area contributed by atoms with E-state index in [1.807, 2.05) is 6.92 Å². The summed E-state index contributed by atoms with van der Waals surface area (Å²) in [6, 6.07) is 0. The number of carbonyl (C=O) groups excluding carboxylic acids is 1. The Kier molecular flexibility index (Phi) is 1.98. The van der Waals surface area contributed by atoms with E-state index in [9.17, 15) is 9.59 Å². The average Bonchev–Trinajstić information content (AvgIpc) is 2.64. The number of ketones is 1. The molecule has 0 spiro atoms. The molecule has 0 amide bonds. The molecule has 0 aromatic heterocycles. The zero-order valence-corrected chi connectivity index (χ0v) is 6.59. The fourth-order valence-electron chi connectivity index (χ4n) is 0.989. The molecule has 1 N–H and O–H groups in total. The van der Waals surface area contributed by atoms with Crippen LogP contribution in [0.3, 0.4) is 0 Å². The number of carboxylic acid groups (broad SMARTS) is 1. The standard InChI is InChI=1S/C8H12O3/c1-8(4-5-8)6(9)2-3-7(10)11/h2-5H2,1H3,(H,10,11). The van der Waals surface area contributed by atoms with Gasteiger partial charge in [0.15, 0.2) is 0 Å². The van der Waals surface area contributed by atoms with Crippen molar-refractivity contribution in [1.82, 2.24) is 0 Å². The molecule has 0 unspecified atom stereocenters. The van der Waals surface area contributed by atoms with E-state index in [0.717, 1.165) is 12.8 Å². The lowest BCUT2D eigenvalue weighted by atomic mass is 10.00.